The molecule has 0 aromatic heterocycles. The first kappa shape index (κ1) is 12.7. The Morgan fingerprint density at radius 2 is 2.30 bits per heavy atom. The molecule has 3 unspecified atom stereocenters. The van der Waals surface area contributed by atoms with Crippen LogP contribution in [0.15, 0.2) is 18.2 Å². The molecular weight excluding hydrogens is 248 g/mol. The van der Waals surface area contributed by atoms with E-state index in [9.17, 15) is 0 Å². The van der Waals surface area contributed by atoms with Crippen LogP contribution >= 0.6 is 0 Å². The fourth-order valence-electron chi connectivity index (χ4n) is 4.42. The molecule has 4 rings (SSSR count). The van der Waals surface area contributed by atoms with Gasteiger partial charge < -0.3 is 10.1 Å². The minimum absolute atomic E-state index is 0.622. The second kappa shape index (κ2) is 5.05. The number of methoxy groups -OCH3 is 1. The lowest BCUT2D eigenvalue weighted by Crippen LogP contribution is -2.54. The Bertz CT molecular complexity index is 502. The molecule has 0 spiro atoms. The van der Waals surface area contributed by atoms with Crippen molar-refractivity contribution in [1.29, 1.82) is 0 Å². The first-order valence-corrected chi connectivity index (χ1v) is 7.99. The fraction of sp³-hybridized carbons (Fsp3) is 0.647. The van der Waals surface area contributed by atoms with Gasteiger partial charge in [0.2, 0.25) is 0 Å². The van der Waals surface area contributed by atoms with Gasteiger partial charge >= 0.3 is 0 Å². The average molecular weight is 272 g/mol. The zero-order valence-corrected chi connectivity index (χ0v) is 12.3. The van der Waals surface area contributed by atoms with E-state index in [0.29, 0.717) is 6.04 Å². The van der Waals surface area contributed by atoms with Crippen molar-refractivity contribution < 1.29 is 4.74 Å². The summed E-state index contributed by atoms with van der Waals surface area (Å²) in [7, 11) is 1.76. The fourth-order valence-corrected chi connectivity index (χ4v) is 4.42. The van der Waals surface area contributed by atoms with Crippen LogP contribution in [-0.2, 0) is 6.42 Å². The second-order valence-corrected chi connectivity index (χ2v) is 6.52. The largest absolute Gasteiger partial charge is 0.497 e. The van der Waals surface area contributed by atoms with Crippen LogP contribution in [0.25, 0.3) is 0 Å². The summed E-state index contributed by atoms with van der Waals surface area (Å²) in [5.41, 5.74) is 3.04. The van der Waals surface area contributed by atoms with Gasteiger partial charge in [-0.15, -0.1) is 0 Å². The normalized spacial score (nSPS) is 33.0. The van der Waals surface area contributed by atoms with Crippen LogP contribution < -0.4 is 10.1 Å². The number of fused-ring (bicyclic) bond motifs is 4. The Morgan fingerprint density at radius 1 is 1.35 bits per heavy atom. The topological polar surface area (TPSA) is 24.5 Å². The van der Waals surface area contributed by atoms with Crippen LogP contribution in [0.2, 0.25) is 0 Å². The van der Waals surface area contributed by atoms with Crippen LogP contribution in [0.5, 0.6) is 5.75 Å². The first-order chi connectivity index (χ1) is 9.85. The van der Waals surface area contributed by atoms with E-state index < -0.39 is 0 Å². The molecule has 3 nitrogen and oxygen atoms in total. The van der Waals surface area contributed by atoms with Crippen LogP contribution in [0.1, 0.15) is 36.4 Å². The predicted octanol–water partition coefficient (Wildman–Crippen LogP) is 2.37. The van der Waals surface area contributed by atoms with E-state index in [1.807, 2.05) is 0 Å². The van der Waals surface area contributed by atoms with Gasteiger partial charge in [0.05, 0.1) is 7.11 Å². The molecule has 3 aliphatic heterocycles. The molecule has 3 atom stereocenters. The quantitative estimate of drug-likeness (QED) is 0.849. The lowest BCUT2D eigenvalue weighted by atomic mass is 9.77. The number of nitrogens with one attached hydrogen (secondary N) is 1. The zero-order valence-electron chi connectivity index (χ0n) is 12.3. The summed E-state index contributed by atoms with van der Waals surface area (Å²) in [6.07, 6.45) is 5.22. The number of benzene rings is 1. The van der Waals surface area contributed by atoms with Gasteiger partial charge in [0.25, 0.3) is 0 Å². The number of nitrogens with zero attached hydrogens (tertiary/aromatic N) is 1. The maximum Gasteiger partial charge on any atom is 0.119 e. The molecule has 0 bridgehead atoms. The molecule has 0 saturated carbocycles. The number of hydrogen-bond donors (Lipinski definition) is 1. The minimum atomic E-state index is 0.622. The zero-order chi connectivity index (χ0) is 13.5. The molecule has 108 valence electrons. The van der Waals surface area contributed by atoms with Gasteiger partial charge in [0.15, 0.2) is 0 Å². The van der Waals surface area contributed by atoms with Gasteiger partial charge in [0.1, 0.15) is 5.75 Å². The lowest BCUT2D eigenvalue weighted by Gasteiger charge is -2.49. The predicted molar refractivity (Wildman–Crippen MR) is 80.1 cm³/mol. The molecule has 0 amide bonds. The van der Waals surface area contributed by atoms with E-state index in [1.54, 1.807) is 12.7 Å². The molecule has 1 aromatic carbocycles. The maximum absolute atomic E-state index is 5.38. The average Bonchev–Trinajstić information content (AvgIpc) is 2.52. The maximum atomic E-state index is 5.38. The Hall–Kier alpha value is -1.06. The first-order valence-electron chi connectivity index (χ1n) is 7.99. The van der Waals surface area contributed by atoms with E-state index in [0.717, 1.165) is 17.7 Å². The smallest absolute Gasteiger partial charge is 0.119 e. The summed E-state index contributed by atoms with van der Waals surface area (Å²) in [4.78, 5) is 2.73. The van der Waals surface area contributed by atoms with Crippen LogP contribution in [0.4, 0.5) is 0 Å². The third kappa shape index (κ3) is 2.04. The molecule has 2 fully saturated rings. The molecule has 0 radical (unpaired) electrons. The van der Waals surface area contributed by atoms with E-state index in [-0.39, 0.29) is 0 Å². The van der Waals surface area contributed by atoms with Crippen molar-refractivity contribution in [3.05, 3.63) is 29.3 Å². The molecule has 3 heterocycles. The van der Waals surface area contributed by atoms with E-state index in [1.165, 1.54) is 50.9 Å². The molecule has 0 aliphatic carbocycles. The third-order valence-electron chi connectivity index (χ3n) is 5.49. The summed E-state index contributed by atoms with van der Waals surface area (Å²) >= 11 is 0. The Labute approximate surface area is 121 Å². The van der Waals surface area contributed by atoms with Crippen LogP contribution in [0.3, 0.4) is 0 Å². The molecule has 3 heteroatoms. The number of ether oxygens (including phenoxy) is 1. The minimum Gasteiger partial charge on any atom is -0.497 e. The van der Waals surface area contributed by atoms with Crippen molar-refractivity contribution in [2.45, 2.75) is 37.8 Å². The highest BCUT2D eigenvalue weighted by atomic mass is 16.5. The third-order valence-corrected chi connectivity index (χ3v) is 5.49. The van der Waals surface area contributed by atoms with Crippen LogP contribution in [0, 0.1) is 5.92 Å². The Balaban J connectivity index is 1.63. The second-order valence-electron chi connectivity index (χ2n) is 6.52. The molecular formula is C17H24N2O. The summed E-state index contributed by atoms with van der Waals surface area (Å²) < 4.78 is 5.38. The van der Waals surface area contributed by atoms with Gasteiger partial charge in [-0.3, -0.25) is 4.90 Å². The van der Waals surface area contributed by atoms with Crippen molar-refractivity contribution >= 4 is 0 Å². The summed E-state index contributed by atoms with van der Waals surface area (Å²) in [5, 5.41) is 3.76. The highest BCUT2D eigenvalue weighted by molar-refractivity contribution is 5.39. The summed E-state index contributed by atoms with van der Waals surface area (Å²) in [6.45, 7) is 3.71. The van der Waals surface area contributed by atoms with Gasteiger partial charge in [-0.1, -0.05) is 6.07 Å². The van der Waals surface area contributed by atoms with Crippen molar-refractivity contribution in [2.75, 3.05) is 26.7 Å². The molecule has 1 aromatic rings. The van der Waals surface area contributed by atoms with E-state index in [2.05, 4.69) is 28.4 Å². The number of piperidine rings is 2. The van der Waals surface area contributed by atoms with Crippen molar-refractivity contribution in [3.8, 4) is 5.75 Å². The highest BCUT2D eigenvalue weighted by Gasteiger charge is 2.39. The van der Waals surface area contributed by atoms with Crippen LogP contribution in [-0.4, -0.2) is 37.7 Å². The van der Waals surface area contributed by atoms with Gasteiger partial charge in [-0.05, 0) is 61.4 Å². The lowest BCUT2D eigenvalue weighted by molar-refractivity contribution is 0.0551. The van der Waals surface area contributed by atoms with Gasteiger partial charge in [-0.25, -0.2) is 0 Å². The highest BCUT2D eigenvalue weighted by Crippen LogP contribution is 2.41. The molecule has 20 heavy (non-hydrogen) atoms. The van der Waals surface area contributed by atoms with Crippen molar-refractivity contribution in [2.24, 2.45) is 5.92 Å². The number of hydrogen-bond acceptors (Lipinski definition) is 3. The summed E-state index contributed by atoms with van der Waals surface area (Å²) in [5.74, 6) is 1.88. The Kier molecular flexibility index (Phi) is 3.20. The van der Waals surface area contributed by atoms with Gasteiger partial charge in [-0.2, -0.15) is 0 Å². The number of rotatable bonds is 1. The van der Waals surface area contributed by atoms with Crippen molar-refractivity contribution in [1.82, 2.24) is 10.2 Å². The summed E-state index contributed by atoms with van der Waals surface area (Å²) in [6, 6.07) is 8.03. The molecule has 3 aliphatic rings. The van der Waals surface area contributed by atoms with E-state index >= 15 is 0 Å². The monoisotopic (exact) mass is 272 g/mol. The Morgan fingerprint density at radius 3 is 3.20 bits per heavy atom. The molecule has 2 saturated heterocycles. The molecule has 1 N–H and O–H groups in total. The van der Waals surface area contributed by atoms with E-state index in [4.69, 9.17) is 4.74 Å². The SMILES string of the molecule is COc1ccc2c(c1)CCN1CC3CCCNC3CC21. The standard InChI is InChI=1S/C17H24N2O/c1-20-14-4-5-15-12(9-14)6-8-19-11-13-3-2-7-18-16(13)10-17(15)19/h4-5,9,13,16-18H,2-3,6-8,10-11H2,1H3. The van der Waals surface area contributed by atoms with Crippen molar-refractivity contribution in [3.63, 3.8) is 0 Å². The van der Waals surface area contributed by atoms with Gasteiger partial charge in [0, 0.05) is 25.2 Å².